The quantitative estimate of drug-likeness (QED) is 0.656. The van der Waals surface area contributed by atoms with Crippen LogP contribution in [-0.2, 0) is 7.05 Å². The Labute approximate surface area is 81.3 Å². The second-order valence-corrected chi connectivity index (χ2v) is 3.87. The lowest BCUT2D eigenvalue weighted by molar-refractivity contribution is 0.740. The van der Waals surface area contributed by atoms with E-state index in [1.54, 1.807) is 0 Å². The topological polar surface area (TPSA) is 17.8 Å². The Morgan fingerprint density at radius 1 is 1.44 bits per heavy atom. The number of hydrogen-bond acceptors (Lipinski definition) is 1. The van der Waals surface area contributed by atoms with Gasteiger partial charge in [0.2, 0.25) is 0 Å². The molecule has 0 saturated carbocycles. The molecule has 2 nitrogen and oxygen atoms in total. The molecule has 0 atom stereocenters. The van der Waals surface area contributed by atoms with Gasteiger partial charge in [-0.2, -0.15) is 5.10 Å². The minimum absolute atomic E-state index is 1.10. The third-order valence-corrected chi connectivity index (χ3v) is 3.67. The number of hydrogen-bond donors (Lipinski definition) is 0. The fourth-order valence-corrected chi connectivity index (χ4v) is 2.04. The van der Waals surface area contributed by atoms with Gasteiger partial charge in [-0.25, -0.2) is 0 Å². The highest BCUT2D eigenvalue weighted by atomic mass is 127. The number of aromatic nitrogens is 2. The van der Waals surface area contributed by atoms with Gasteiger partial charge in [-0.15, -0.1) is 0 Å². The van der Waals surface area contributed by atoms with Gasteiger partial charge in [0.25, 0.3) is 0 Å². The smallest absolute Gasteiger partial charge is 0.127 e. The molecule has 0 radical (unpaired) electrons. The van der Waals surface area contributed by atoms with Crippen LogP contribution in [0, 0.1) is 14.3 Å². The number of nitrogens with zero attached hydrogens (tertiary/aromatic N) is 2. The Kier molecular flexibility index (Phi) is 2.36. The molecule has 0 aliphatic heterocycles. The van der Waals surface area contributed by atoms with Crippen LogP contribution >= 0.6 is 45.2 Å². The van der Waals surface area contributed by atoms with Crippen LogP contribution in [0.2, 0.25) is 0 Å². The van der Waals surface area contributed by atoms with E-state index in [1.807, 2.05) is 11.7 Å². The van der Waals surface area contributed by atoms with Crippen LogP contribution in [0.15, 0.2) is 0 Å². The van der Waals surface area contributed by atoms with Crippen molar-refractivity contribution in [2.75, 3.05) is 0 Å². The van der Waals surface area contributed by atoms with Gasteiger partial charge in [0.05, 0.1) is 0 Å². The average Bonchev–Trinajstić information content (AvgIpc) is 1.98. The Bertz CT molecular complexity index is 207. The van der Waals surface area contributed by atoms with Crippen molar-refractivity contribution in [2.45, 2.75) is 6.92 Å². The third-order valence-electron chi connectivity index (χ3n) is 1.14. The predicted molar refractivity (Wildman–Crippen MR) is 53.4 cm³/mol. The summed E-state index contributed by atoms with van der Waals surface area (Å²) in [7, 11) is 1.96. The maximum Gasteiger partial charge on any atom is 0.127 e. The van der Waals surface area contributed by atoms with Gasteiger partial charge in [-0.1, -0.05) is 0 Å². The van der Waals surface area contributed by atoms with Crippen LogP contribution < -0.4 is 0 Å². The van der Waals surface area contributed by atoms with Crippen LogP contribution in [-0.4, -0.2) is 9.78 Å². The molecule has 0 aliphatic rings. The zero-order valence-electron chi connectivity index (χ0n) is 5.15. The summed E-state index contributed by atoms with van der Waals surface area (Å²) in [5.41, 5.74) is 1.28. The van der Waals surface area contributed by atoms with Crippen molar-refractivity contribution in [2.24, 2.45) is 7.05 Å². The Hall–Kier alpha value is 0.670. The van der Waals surface area contributed by atoms with Gasteiger partial charge in [0, 0.05) is 12.6 Å². The average molecular weight is 348 g/mol. The first-order valence-corrected chi connectivity index (χ1v) is 4.63. The lowest BCUT2D eigenvalue weighted by Gasteiger charge is -1.88. The summed E-state index contributed by atoms with van der Waals surface area (Å²) in [6, 6.07) is 0. The highest BCUT2D eigenvalue weighted by Crippen LogP contribution is 2.15. The summed E-state index contributed by atoms with van der Waals surface area (Å²) in [5, 5.41) is 4.21. The van der Waals surface area contributed by atoms with E-state index in [0.717, 1.165) is 3.70 Å². The van der Waals surface area contributed by atoms with Crippen molar-refractivity contribution >= 4 is 45.2 Å². The van der Waals surface area contributed by atoms with Crippen LogP contribution in [0.25, 0.3) is 0 Å². The molecule has 0 bridgehead atoms. The molecule has 1 rings (SSSR count). The van der Waals surface area contributed by atoms with E-state index in [9.17, 15) is 0 Å². The lowest BCUT2D eigenvalue weighted by Crippen LogP contribution is -1.92. The number of rotatable bonds is 0. The molecular weight excluding hydrogens is 342 g/mol. The minimum atomic E-state index is 1.10. The van der Waals surface area contributed by atoms with Crippen molar-refractivity contribution in [3.8, 4) is 0 Å². The summed E-state index contributed by atoms with van der Waals surface area (Å²) in [4.78, 5) is 0. The summed E-state index contributed by atoms with van der Waals surface area (Å²) >= 11 is 4.52. The predicted octanol–water partition coefficient (Wildman–Crippen LogP) is 1.94. The number of aryl methyl sites for hydroxylation is 1. The molecule has 0 fully saturated rings. The summed E-state index contributed by atoms with van der Waals surface area (Å²) in [5.74, 6) is 0. The summed E-state index contributed by atoms with van der Waals surface area (Å²) in [6.07, 6.45) is 0. The maximum absolute atomic E-state index is 4.21. The highest BCUT2D eigenvalue weighted by molar-refractivity contribution is 14.1. The Morgan fingerprint density at radius 2 is 2.00 bits per heavy atom. The van der Waals surface area contributed by atoms with Gasteiger partial charge in [0.15, 0.2) is 0 Å². The lowest BCUT2D eigenvalue weighted by atomic mass is 10.4. The molecule has 0 unspecified atom stereocenters. The fourth-order valence-electron chi connectivity index (χ4n) is 0.578. The van der Waals surface area contributed by atoms with Gasteiger partial charge < -0.3 is 0 Å². The van der Waals surface area contributed by atoms with Crippen molar-refractivity contribution in [3.05, 3.63) is 13.0 Å². The zero-order valence-corrected chi connectivity index (χ0v) is 9.47. The molecule has 4 heteroatoms. The second kappa shape index (κ2) is 2.73. The van der Waals surface area contributed by atoms with E-state index in [-0.39, 0.29) is 0 Å². The zero-order chi connectivity index (χ0) is 7.02. The molecular formula is C5H6I2N2. The van der Waals surface area contributed by atoms with Crippen molar-refractivity contribution in [1.29, 1.82) is 0 Å². The van der Waals surface area contributed by atoms with E-state index in [4.69, 9.17) is 0 Å². The van der Waals surface area contributed by atoms with Gasteiger partial charge in [0.1, 0.15) is 7.40 Å². The number of halogens is 2. The van der Waals surface area contributed by atoms with Crippen LogP contribution in [0.1, 0.15) is 5.56 Å². The molecule has 1 aromatic rings. The molecule has 0 aliphatic carbocycles. The van der Waals surface area contributed by atoms with Crippen LogP contribution in [0.5, 0.6) is 0 Å². The molecule has 1 heterocycles. The van der Waals surface area contributed by atoms with E-state index < -0.39 is 0 Å². The normalized spacial score (nSPS) is 10.2. The van der Waals surface area contributed by atoms with Gasteiger partial charge >= 0.3 is 0 Å². The molecule has 0 saturated heterocycles. The summed E-state index contributed by atoms with van der Waals surface area (Å²) < 4.78 is 4.20. The van der Waals surface area contributed by atoms with Gasteiger partial charge in [-0.05, 0) is 52.1 Å². The largest absolute Gasteiger partial charge is 0.261 e. The monoisotopic (exact) mass is 348 g/mol. The van der Waals surface area contributed by atoms with E-state index in [1.165, 1.54) is 9.26 Å². The standard InChI is InChI=1S/C5H6I2N2/c1-3-4(6)8-9(2)5(3)7/h1-2H3. The molecule has 0 N–H and O–H groups in total. The SMILES string of the molecule is Cc1c(I)nn(C)c1I. The first kappa shape index (κ1) is 7.77. The minimum Gasteiger partial charge on any atom is -0.261 e. The fraction of sp³-hybridized carbons (Fsp3) is 0.400. The summed E-state index contributed by atoms with van der Waals surface area (Å²) in [6.45, 7) is 2.08. The van der Waals surface area contributed by atoms with Crippen molar-refractivity contribution in [3.63, 3.8) is 0 Å². The Balaban J connectivity index is 3.29. The first-order valence-electron chi connectivity index (χ1n) is 2.47. The Morgan fingerprint density at radius 3 is 2.11 bits per heavy atom. The molecule has 50 valence electrons. The molecule has 0 aromatic carbocycles. The van der Waals surface area contributed by atoms with Crippen molar-refractivity contribution < 1.29 is 0 Å². The van der Waals surface area contributed by atoms with E-state index in [2.05, 4.69) is 57.2 Å². The van der Waals surface area contributed by atoms with Crippen LogP contribution in [0.4, 0.5) is 0 Å². The van der Waals surface area contributed by atoms with Crippen molar-refractivity contribution in [1.82, 2.24) is 9.78 Å². The molecule has 1 aromatic heterocycles. The molecule has 0 spiro atoms. The maximum atomic E-state index is 4.21. The third kappa shape index (κ3) is 1.39. The second-order valence-electron chi connectivity index (χ2n) is 1.83. The van der Waals surface area contributed by atoms with E-state index >= 15 is 0 Å². The van der Waals surface area contributed by atoms with Gasteiger partial charge in [-0.3, -0.25) is 4.68 Å². The molecule has 0 amide bonds. The highest BCUT2D eigenvalue weighted by Gasteiger charge is 2.04. The van der Waals surface area contributed by atoms with Crippen LogP contribution in [0.3, 0.4) is 0 Å². The molecule has 9 heavy (non-hydrogen) atoms. The van der Waals surface area contributed by atoms with E-state index in [0.29, 0.717) is 0 Å². The first-order chi connectivity index (χ1) is 4.13.